The fraction of sp³-hybridized carbons (Fsp3) is 0.306. The summed E-state index contributed by atoms with van der Waals surface area (Å²) in [6.07, 6.45) is 2.07. The van der Waals surface area contributed by atoms with Crippen LogP contribution in [0.1, 0.15) is 48.9 Å². The molecule has 0 fully saturated rings. The van der Waals surface area contributed by atoms with Crippen molar-refractivity contribution in [1.29, 1.82) is 0 Å². The van der Waals surface area contributed by atoms with E-state index in [9.17, 15) is 19.2 Å². The Morgan fingerprint density at radius 3 is 2.56 bits per heavy atom. The molecule has 1 aromatic heterocycles. The molecule has 0 bridgehead atoms. The number of aryl methyl sites for hydroxylation is 1. The Bertz CT molecular complexity index is 2070. The second kappa shape index (κ2) is 14.8. The highest BCUT2D eigenvalue weighted by molar-refractivity contribution is 7.14. The number of carbonyl (C=O) groups is 3. The molecule has 0 saturated heterocycles. The number of ether oxygens (including phenoxy) is 3. The van der Waals surface area contributed by atoms with Crippen LogP contribution in [0.5, 0.6) is 17.2 Å². The highest BCUT2D eigenvalue weighted by atomic mass is 35.5. The summed E-state index contributed by atoms with van der Waals surface area (Å²) in [5.41, 5.74) is 6.04. The highest BCUT2D eigenvalue weighted by Gasteiger charge is 2.29. The van der Waals surface area contributed by atoms with Crippen LogP contribution in [0.15, 0.2) is 46.6 Å². The number of aromatic nitrogens is 1. The van der Waals surface area contributed by atoms with Gasteiger partial charge in [-0.05, 0) is 71.8 Å². The topological polar surface area (TPSA) is 157 Å². The fourth-order valence-electron chi connectivity index (χ4n) is 6.41. The Kier molecular flexibility index (Phi) is 10.3. The second-order valence-corrected chi connectivity index (χ2v) is 13.2. The first-order chi connectivity index (χ1) is 24.1. The predicted octanol–water partition coefficient (Wildman–Crippen LogP) is 5.97. The first kappa shape index (κ1) is 34.7. The molecule has 0 radical (unpaired) electrons. The number of nitrogens with zero attached hydrogens (tertiary/aromatic N) is 1. The van der Waals surface area contributed by atoms with Crippen LogP contribution in [-0.4, -0.2) is 50.6 Å². The molecule has 0 unspecified atom stereocenters. The van der Waals surface area contributed by atoms with Gasteiger partial charge < -0.3 is 35.5 Å². The summed E-state index contributed by atoms with van der Waals surface area (Å²) < 4.78 is 17.1. The van der Waals surface area contributed by atoms with Gasteiger partial charge in [0.15, 0.2) is 16.6 Å². The summed E-state index contributed by atoms with van der Waals surface area (Å²) in [6, 6.07) is 10.2. The molecule has 14 heteroatoms. The maximum Gasteiger partial charge on any atom is 0.228 e. The number of anilines is 3. The number of halogens is 1. The van der Waals surface area contributed by atoms with Crippen LogP contribution >= 0.6 is 22.9 Å². The molecule has 2 aliphatic rings. The molecule has 1 atom stereocenters. The van der Waals surface area contributed by atoms with E-state index in [1.165, 1.54) is 25.4 Å². The molecular weight excluding hydrogens is 682 g/mol. The number of hydrogen-bond donors (Lipinski definition) is 4. The molecule has 0 spiro atoms. The molecule has 2 heterocycles. The summed E-state index contributed by atoms with van der Waals surface area (Å²) in [6.45, 7) is 1.81. The molecule has 4 aromatic rings. The average Bonchev–Trinajstić information content (AvgIpc) is 3.61. The van der Waals surface area contributed by atoms with E-state index in [1.807, 2.05) is 18.2 Å². The number of amides is 3. The lowest BCUT2D eigenvalue weighted by atomic mass is 9.95. The first-order valence-corrected chi connectivity index (χ1v) is 17.2. The van der Waals surface area contributed by atoms with Gasteiger partial charge in [0.2, 0.25) is 28.9 Å². The van der Waals surface area contributed by atoms with Gasteiger partial charge >= 0.3 is 0 Å². The maximum atomic E-state index is 13.5. The number of benzene rings is 2. The summed E-state index contributed by atoms with van der Waals surface area (Å²) >= 11 is 7.74. The highest BCUT2D eigenvalue weighted by Crippen LogP contribution is 2.50. The summed E-state index contributed by atoms with van der Waals surface area (Å²) in [7, 11) is 4.65. The third-order valence-corrected chi connectivity index (χ3v) is 9.73. The van der Waals surface area contributed by atoms with Crippen molar-refractivity contribution in [2.45, 2.75) is 45.1 Å². The van der Waals surface area contributed by atoms with E-state index < -0.39 is 6.04 Å². The van der Waals surface area contributed by atoms with Crippen LogP contribution in [0.25, 0.3) is 22.4 Å². The van der Waals surface area contributed by atoms with E-state index in [1.54, 1.807) is 37.8 Å². The molecule has 3 amide bonds. The van der Waals surface area contributed by atoms with Gasteiger partial charge in [0.05, 0.1) is 50.2 Å². The van der Waals surface area contributed by atoms with E-state index >= 15 is 0 Å². The maximum absolute atomic E-state index is 13.5. The molecule has 50 heavy (non-hydrogen) atoms. The van der Waals surface area contributed by atoms with Gasteiger partial charge in [0.25, 0.3) is 0 Å². The van der Waals surface area contributed by atoms with E-state index in [0.717, 1.165) is 22.3 Å². The average molecular weight is 718 g/mol. The van der Waals surface area contributed by atoms with E-state index in [2.05, 4.69) is 26.3 Å². The quantitative estimate of drug-likeness (QED) is 0.137. The minimum atomic E-state index is -0.417. The Balaban J connectivity index is 1.16. The minimum absolute atomic E-state index is 0.0828. The van der Waals surface area contributed by atoms with Crippen LogP contribution < -0.4 is 40.9 Å². The van der Waals surface area contributed by atoms with Crippen molar-refractivity contribution in [2.75, 3.05) is 43.8 Å². The summed E-state index contributed by atoms with van der Waals surface area (Å²) in [5, 5.41) is 14.5. The first-order valence-electron chi connectivity index (χ1n) is 16.0. The Hall–Kier alpha value is -5.14. The number of methoxy groups -OCH3 is 3. The minimum Gasteiger partial charge on any atom is -0.493 e. The number of hydrogen-bond acceptors (Lipinski definition) is 10. The van der Waals surface area contributed by atoms with Crippen molar-refractivity contribution in [3.05, 3.63) is 73.7 Å². The molecule has 260 valence electrons. The van der Waals surface area contributed by atoms with Crippen molar-refractivity contribution in [1.82, 2.24) is 10.3 Å². The van der Waals surface area contributed by atoms with Crippen LogP contribution in [0, 0.1) is 0 Å². The zero-order chi connectivity index (χ0) is 35.5. The van der Waals surface area contributed by atoms with Gasteiger partial charge in [0.1, 0.15) is 0 Å². The molecular formula is C36H36ClN5O7S. The van der Waals surface area contributed by atoms with Crippen molar-refractivity contribution in [3.8, 4) is 39.6 Å². The molecule has 6 rings (SSSR count). The Labute approximate surface area is 297 Å². The fourth-order valence-corrected chi connectivity index (χ4v) is 7.39. The monoisotopic (exact) mass is 717 g/mol. The van der Waals surface area contributed by atoms with Gasteiger partial charge in [0, 0.05) is 42.1 Å². The number of carbonyl (C=O) groups excluding carboxylic acids is 3. The van der Waals surface area contributed by atoms with E-state index in [0.29, 0.717) is 81.4 Å². The van der Waals surface area contributed by atoms with Gasteiger partial charge in [-0.15, -0.1) is 11.3 Å². The number of rotatable bonds is 11. The third-order valence-electron chi connectivity index (χ3n) is 8.66. The van der Waals surface area contributed by atoms with E-state index in [-0.39, 0.29) is 36.0 Å². The van der Waals surface area contributed by atoms with Gasteiger partial charge in [-0.1, -0.05) is 17.7 Å². The number of nitrogens with one attached hydrogen (secondary N) is 4. The smallest absolute Gasteiger partial charge is 0.228 e. The molecule has 0 saturated carbocycles. The zero-order valence-electron chi connectivity index (χ0n) is 28.0. The predicted molar refractivity (Wildman–Crippen MR) is 194 cm³/mol. The Morgan fingerprint density at radius 1 is 1.02 bits per heavy atom. The van der Waals surface area contributed by atoms with E-state index in [4.69, 9.17) is 25.8 Å². The second-order valence-electron chi connectivity index (χ2n) is 11.9. The van der Waals surface area contributed by atoms with Crippen LogP contribution in [-0.2, 0) is 27.2 Å². The van der Waals surface area contributed by atoms with Crippen LogP contribution in [0.3, 0.4) is 0 Å². The molecule has 12 nitrogen and oxygen atoms in total. The molecule has 1 aliphatic carbocycles. The van der Waals surface area contributed by atoms with Crippen LogP contribution in [0.2, 0.25) is 5.02 Å². The molecule has 3 aromatic carbocycles. The molecule has 4 N–H and O–H groups in total. The SMILES string of the molecule is COc1cc2c(c(OC)c1OC)-c1ccc(NCCCC(=O)Nc3nc(-c4cc5c(cc4Cl)NC(=O)C5)cs3)c(=O)cc1[C@@H](NC(C)=O)CC2. The number of fused-ring (bicyclic) bond motifs is 4. The van der Waals surface area contributed by atoms with Gasteiger partial charge in [-0.25, -0.2) is 4.98 Å². The van der Waals surface area contributed by atoms with Crippen molar-refractivity contribution < 1.29 is 28.6 Å². The summed E-state index contributed by atoms with van der Waals surface area (Å²) in [5.74, 6) is 0.915. The Morgan fingerprint density at radius 2 is 1.82 bits per heavy atom. The standard InChI is InChI=1S/C36H36ClN5O7S/c1-18(43)39-25-9-7-19-13-30(47-2)34(48-3)35(49-4)33(19)21-8-10-26(29(44)15-22(21)25)38-11-5-6-31(45)42-36-41-28(17-50-36)23-12-20-14-32(46)40-27(20)16-24(23)37/h8,10,12-13,15-17,25H,5-7,9,11,14H2,1-4H3,(H,38,44)(H,39,43)(H,40,46)(H,41,42,45)/t25-/m0/s1. The zero-order valence-corrected chi connectivity index (χ0v) is 29.5. The van der Waals surface area contributed by atoms with Crippen molar-refractivity contribution >= 4 is 57.2 Å². The molecule has 1 aliphatic heterocycles. The largest absolute Gasteiger partial charge is 0.493 e. The van der Waals surface area contributed by atoms with Crippen LogP contribution in [0.4, 0.5) is 16.5 Å². The lowest BCUT2D eigenvalue weighted by Gasteiger charge is -2.19. The van der Waals surface area contributed by atoms with Gasteiger partial charge in [-0.2, -0.15) is 0 Å². The van der Waals surface area contributed by atoms with Crippen molar-refractivity contribution in [2.24, 2.45) is 0 Å². The number of thiazole rings is 1. The van der Waals surface area contributed by atoms with Crippen molar-refractivity contribution in [3.63, 3.8) is 0 Å². The third kappa shape index (κ3) is 7.10. The van der Waals surface area contributed by atoms with Gasteiger partial charge in [-0.3, -0.25) is 19.2 Å². The summed E-state index contributed by atoms with van der Waals surface area (Å²) in [4.78, 5) is 54.8. The normalized spacial score (nSPS) is 14.3. The lowest BCUT2D eigenvalue weighted by Crippen LogP contribution is -2.26. The lowest BCUT2D eigenvalue weighted by molar-refractivity contribution is -0.120.